The number of aromatic hydroxyl groups is 1. The van der Waals surface area contributed by atoms with Gasteiger partial charge in [0.15, 0.2) is 0 Å². The topological polar surface area (TPSA) is 32.3 Å². The van der Waals surface area contributed by atoms with Gasteiger partial charge in [-0.15, -0.1) is 0 Å². The molecule has 0 aliphatic rings. The quantitative estimate of drug-likeness (QED) is 0.852. The highest BCUT2D eigenvalue weighted by molar-refractivity contribution is 9.10. The van der Waals surface area contributed by atoms with E-state index in [2.05, 4.69) is 21.2 Å². The Morgan fingerprint density at radius 3 is 2.63 bits per heavy atom. The van der Waals surface area contributed by atoms with Crippen molar-refractivity contribution < 1.29 is 9.50 Å². The largest absolute Gasteiger partial charge is 0.508 e. The maximum atomic E-state index is 13.6. The Morgan fingerprint density at radius 1 is 1.26 bits per heavy atom. The molecule has 2 aromatic rings. The fourth-order valence-electron chi connectivity index (χ4n) is 1.97. The fourth-order valence-corrected chi connectivity index (χ4v) is 2.42. The summed E-state index contributed by atoms with van der Waals surface area (Å²) in [5.41, 5.74) is 2.44. The molecule has 0 saturated heterocycles. The summed E-state index contributed by atoms with van der Waals surface area (Å²) < 4.78 is 14.0. The molecular weight excluding hydrogens is 309 g/mol. The van der Waals surface area contributed by atoms with Crippen LogP contribution in [0.1, 0.15) is 24.1 Å². The molecular formula is C15H15BrFNO. The van der Waals surface area contributed by atoms with Crippen molar-refractivity contribution in [2.24, 2.45) is 0 Å². The molecule has 19 heavy (non-hydrogen) atoms. The third-order valence-electron chi connectivity index (χ3n) is 3.04. The van der Waals surface area contributed by atoms with Crippen LogP contribution < -0.4 is 5.32 Å². The first-order valence-electron chi connectivity index (χ1n) is 5.99. The highest BCUT2D eigenvalue weighted by Crippen LogP contribution is 2.30. The van der Waals surface area contributed by atoms with Gasteiger partial charge in [0.1, 0.15) is 11.6 Å². The Hall–Kier alpha value is -1.55. The highest BCUT2D eigenvalue weighted by Gasteiger charge is 2.12. The molecule has 2 rings (SSSR count). The zero-order chi connectivity index (χ0) is 14.0. The minimum absolute atomic E-state index is 0.111. The van der Waals surface area contributed by atoms with Crippen LogP contribution in [-0.2, 0) is 0 Å². The Morgan fingerprint density at radius 2 is 1.95 bits per heavy atom. The van der Waals surface area contributed by atoms with Crippen LogP contribution in [0.2, 0.25) is 0 Å². The zero-order valence-electron chi connectivity index (χ0n) is 10.7. The van der Waals surface area contributed by atoms with E-state index in [9.17, 15) is 9.50 Å². The van der Waals surface area contributed by atoms with E-state index in [1.54, 1.807) is 18.2 Å². The molecule has 2 N–H and O–H groups in total. The van der Waals surface area contributed by atoms with E-state index in [0.717, 1.165) is 16.8 Å². The summed E-state index contributed by atoms with van der Waals surface area (Å²) in [5.74, 6) is -0.0738. The van der Waals surface area contributed by atoms with Crippen molar-refractivity contribution in [1.82, 2.24) is 0 Å². The van der Waals surface area contributed by atoms with E-state index >= 15 is 0 Å². The van der Waals surface area contributed by atoms with E-state index in [0.29, 0.717) is 4.47 Å². The van der Waals surface area contributed by atoms with Gasteiger partial charge in [0.25, 0.3) is 0 Å². The second kappa shape index (κ2) is 5.61. The lowest BCUT2D eigenvalue weighted by molar-refractivity contribution is 0.465. The Labute approximate surface area is 120 Å². The number of phenolic OH excluding ortho intramolecular Hbond substituents is 1. The maximum absolute atomic E-state index is 13.6. The Bertz CT molecular complexity index is 601. The minimum Gasteiger partial charge on any atom is -0.508 e. The number of para-hydroxylation sites is 1. The summed E-state index contributed by atoms with van der Waals surface area (Å²) in [5, 5.41) is 13.0. The standard InChI is InChI=1S/C15H15BrFNO/c1-9-7-12(16)13(17)8-14(9)18-10(2)11-5-3-4-6-15(11)19/h3-8,10,18-19H,1-2H3. The average Bonchev–Trinajstić information content (AvgIpc) is 2.36. The van der Waals surface area contributed by atoms with E-state index in [-0.39, 0.29) is 17.6 Å². The van der Waals surface area contributed by atoms with Gasteiger partial charge in [0, 0.05) is 11.3 Å². The van der Waals surface area contributed by atoms with Gasteiger partial charge in [0.05, 0.1) is 10.5 Å². The van der Waals surface area contributed by atoms with Gasteiger partial charge in [-0.2, -0.15) is 0 Å². The number of hydrogen-bond donors (Lipinski definition) is 2. The molecule has 0 fully saturated rings. The van der Waals surface area contributed by atoms with Gasteiger partial charge in [-0.05, 0) is 53.5 Å². The summed E-state index contributed by atoms with van der Waals surface area (Å²) in [7, 11) is 0. The predicted molar refractivity (Wildman–Crippen MR) is 79.0 cm³/mol. The first-order chi connectivity index (χ1) is 8.99. The van der Waals surface area contributed by atoms with Gasteiger partial charge >= 0.3 is 0 Å². The van der Waals surface area contributed by atoms with Crippen LogP contribution in [0, 0.1) is 12.7 Å². The molecule has 0 radical (unpaired) electrons. The number of halogens is 2. The molecule has 1 atom stereocenters. The predicted octanol–water partition coefficient (Wildman–Crippen LogP) is 4.78. The van der Waals surface area contributed by atoms with Crippen LogP contribution >= 0.6 is 15.9 Å². The number of anilines is 1. The van der Waals surface area contributed by atoms with Crippen molar-refractivity contribution in [3.8, 4) is 5.75 Å². The number of nitrogens with one attached hydrogen (secondary N) is 1. The van der Waals surface area contributed by atoms with Crippen molar-refractivity contribution in [3.05, 3.63) is 57.8 Å². The highest BCUT2D eigenvalue weighted by atomic mass is 79.9. The number of aryl methyl sites for hydroxylation is 1. The van der Waals surface area contributed by atoms with Crippen molar-refractivity contribution >= 4 is 21.6 Å². The van der Waals surface area contributed by atoms with Crippen LogP contribution in [0.3, 0.4) is 0 Å². The van der Waals surface area contributed by atoms with Crippen LogP contribution in [0.15, 0.2) is 40.9 Å². The van der Waals surface area contributed by atoms with Crippen LogP contribution in [0.5, 0.6) is 5.75 Å². The normalized spacial score (nSPS) is 12.2. The molecule has 0 aliphatic heterocycles. The fraction of sp³-hybridized carbons (Fsp3) is 0.200. The van der Waals surface area contributed by atoms with Crippen LogP contribution in [0.4, 0.5) is 10.1 Å². The number of rotatable bonds is 3. The first kappa shape index (κ1) is 13.9. The van der Waals surface area contributed by atoms with Crippen molar-refractivity contribution in [2.45, 2.75) is 19.9 Å². The molecule has 1 unspecified atom stereocenters. The van der Waals surface area contributed by atoms with Gasteiger partial charge in [-0.1, -0.05) is 18.2 Å². The number of benzene rings is 2. The van der Waals surface area contributed by atoms with E-state index in [1.807, 2.05) is 26.0 Å². The molecule has 0 heterocycles. The van der Waals surface area contributed by atoms with E-state index in [4.69, 9.17) is 0 Å². The molecule has 0 aliphatic carbocycles. The van der Waals surface area contributed by atoms with Crippen molar-refractivity contribution in [1.29, 1.82) is 0 Å². The van der Waals surface area contributed by atoms with Crippen LogP contribution in [-0.4, -0.2) is 5.11 Å². The van der Waals surface area contributed by atoms with Crippen LogP contribution in [0.25, 0.3) is 0 Å². The lowest BCUT2D eigenvalue weighted by Crippen LogP contribution is -2.08. The summed E-state index contributed by atoms with van der Waals surface area (Å²) in [6.45, 7) is 3.83. The molecule has 100 valence electrons. The Kier molecular flexibility index (Phi) is 4.10. The van der Waals surface area contributed by atoms with E-state index in [1.165, 1.54) is 6.07 Å². The first-order valence-corrected chi connectivity index (χ1v) is 6.78. The second-order valence-corrected chi connectivity index (χ2v) is 5.36. The van der Waals surface area contributed by atoms with Crippen molar-refractivity contribution in [3.63, 3.8) is 0 Å². The van der Waals surface area contributed by atoms with Gasteiger partial charge < -0.3 is 10.4 Å². The molecule has 2 aromatic carbocycles. The van der Waals surface area contributed by atoms with Gasteiger partial charge in [-0.25, -0.2) is 4.39 Å². The molecule has 0 saturated carbocycles. The lowest BCUT2D eigenvalue weighted by atomic mass is 10.1. The summed E-state index contributed by atoms with van der Waals surface area (Å²) >= 11 is 3.16. The Balaban J connectivity index is 2.27. The molecule has 0 aromatic heterocycles. The van der Waals surface area contributed by atoms with E-state index < -0.39 is 0 Å². The zero-order valence-corrected chi connectivity index (χ0v) is 12.3. The SMILES string of the molecule is Cc1cc(Br)c(F)cc1NC(C)c1ccccc1O. The third kappa shape index (κ3) is 3.07. The molecule has 0 spiro atoms. The van der Waals surface area contributed by atoms with Gasteiger partial charge in [-0.3, -0.25) is 0 Å². The monoisotopic (exact) mass is 323 g/mol. The summed E-state index contributed by atoms with van der Waals surface area (Å²) in [4.78, 5) is 0. The summed E-state index contributed by atoms with van der Waals surface area (Å²) in [6.07, 6.45) is 0. The number of phenols is 1. The molecule has 0 amide bonds. The maximum Gasteiger partial charge on any atom is 0.139 e. The lowest BCUT2D eigenvalue weighted by Gasteiger charge is -2.18. The van der Waals surface area contributed by atoms with Gasteiger partial charge in [0.2, 0.25) is 0 Å². The summed E-state index contributed by atoms with van der Waals surface area (Å²) in [6, 6.07) is 10.2. The third-order valence-corrected chi connectivity index (χ3v) is 3.65. The van der Waals surface area contributed by atoms with Crippen molar-refractivity contribution in [2.75, 3.05) is 5.32 Å². The smallest absolute Gasteiger partial charge is 0.139 e. The minimum atomic E-state index is -0.308. The molecule has 2 nitrogen and oxygen atoms in total. The second-order valence-electron chi connectivity index (χ2n) is 4.51. The molecule has 4 heteroatoms. The average molecular weight is 324 g/mol. The molecule has 0 bridgehead atoms. The number of hydrogen-bond acceptors (Lipinski definition) is 2.